The van der Waals surface area contributed by atoms with E-state index in [1.165, 1.54) is 6.08 Å². The topological polar surface area (TPSA) is 57.1 Å². The van der Waals surface area contributed by atoms with Gasteiger partial charge in [0.2, 0.25) is 6.08 Å². The number of hydrogen-bond acceptors (Lipinski definition) is 5. The summed E-state index contributed by atoms with van der Waals surface area (Å²) in [5, 5.41) is 0. The lowest BCUT2D eigenvalue weighted by molar-refractivity contribution is 0.0690. The van der Waals surface area contributed by atoms with Crippen LogP contribution in [0.1, 0.15) is 33.6 Å². The van der Waals surface area contributed by atoms with E-state index >= 15 is 0 Å². The molecule has 0 rings (SSSR count). The molecule has 0 amide bonds. The second kappa shape index (κ2) is 10.6. The number of hydrogen-bond donors (Lipinski definition) is 0. The molecule has 0 fully saturated rings. The third-order valence-corrected chi connectivity index (χ3v) is 5.22. The van der Waals surface area contributed by atoms with Crippen LogP contribution in [0, 0.1) is 0 Å². The fourth-order valence-corrected chi connectivity index (χ4v) is 4.22. The zero-order chi connectivity index (χ0) is 13.0. The minimum atomic E-state index is -2.56. The molecule has 0 bridgehead atoms. The third-order valence-electron chi connectivity index (χ3n) is 2.15. The minimum Gasteiger partial charge on any atom is -0.374 e. The lowest BCUT2D eigenvalue weighted by atomic mass is 10.4. The predicted octanol–water partition coefficient (Wildman–Crippen LogP) is 2.15. The van der Waals surface area contributed by atoms with Crippen LogP contribution in [0.5, 0.6) is 0 Å². The van der Waals surface area contributed by atoms with Gasteiger partial charge in [-0.15, -0.1) is 0 Å². The molecule has 0 atom stereocenters. The van der Waals surface area contributed by atoms with Gasteiger partial charge in [-0.3, -0.25) is 0 Å². The summed E-state index contributed by atoms with van der Waals surface area (Å²) in [4.78, 5) is 13.4. The van der Waals surface area contributed by atoms with Crippen molar-refractivity contribution in [3.63, 3.8) is 0 Å². The predicted molar refractivity (Wildman–Crippen MR) is 67.7 cm³/mol. The summed E-state index contributed by atoms with van der Waals surface area (Å²) in [6, 6.07) is 0.815. The van der Waals surface area contributed by atoms with Crippen molar-refractivity contribution in [1.29, 1.82) is 0 Å². The van der Waals surface area contributed by atoms with Crippen molar-refractivity contribution in [1.82, 2.24) is 0 Å². The highest BCUT2D eigenvalue weighted by Crippen LogP contribution is 2.19. The van der Waals surface area contributed by atoms with Gasteiger partial charge >= 0.3 is 8.80 Å². The van der Waals surface area contributed by atoms with Gasteiger partial charge in [0.15, 0.2) is 0 Å². The molecule has 17 heavy (non-hydrogen) atoms. The normalized spacial score (nSPS) is 11.2. The molecule has 0 N–H and O–H groups in total. The zero-order valence-electron chi connectivity index (χ0n) is 11.0. The highest BCUT2D eigenvalue weighted by atomic mass is 28.4. The molecule has 0 aliphatic heterocycles. The van der Waals surface area contributed by atoms with Crippen molar-refractivity contribution in [2.45, 2.75) is 39.7 Å². The molecule has 0 aromatic heterocycles. The van der Waals surface area contributed by atoms with Crippen LogP contribution in [0.4, 0.5) is 0 Å². The molecule has 0 aliphatic rings. The Labute approximate surface area is 105 Å². The molecule has 0 spiro atoms. The SMILES string of the molecule is CCCC[Si](OCC)(OCC)OCCN=C=O. The average molecular weight is 261 g/mol. The van der Waals surface area contributed by atoms with Crippen LogP contribution in [0.2, 0.25) is 6.04 Å². The van der Waals surface area contributed by atoms with Gasteiger partial charge in [-0.25, -0.2) is 9.79 Å². The van der Waals surface area contributed by atoms with E-state index in [1.54, 1.807) is 0 Å². The van der Waals surface area contributed by atoms with E-state index < -0.39 is 8.80 Å². The average Bonchev–Trinajstić information content (AvgIpc) is 2.33. The molecule has 0 heterocycles. The van der Waals surface area contributed by atoms with Crippen molar-refractivity contribution in [2.75, 3.05) is 26.4 Å². The first kappa shape index (κ1) is 16.5. The van der Waals surface area contributed by atoms with Crippen molar-refractivity contribution >= 4 is 14.9 Å². The fourth-order valence-electron chi connectivity index (χ4n) is 1.47. The summed E-state index contributed by atoms with van der Waals surface area (Å²) >= 11 is 0. The highest BCUT2D eigenvalue weighted by molar-refractivity contribution is 6.60. The van der Waals surface area contributed by atoms with Crippen molar-refractivity contribution in [2.24, 2.45) is 4.99 Å². The molecule has 0 saturated heterocycles. The molecular weight excluding hydrogens is 238 g/mol. The summed E-state index contributed by atoms with van der Waals surface area (Å²) in [5.74, 6) is 0. The summed E-state index contributed by atoms with van der Waals surface area (Å²) in [5.41, 5.74) is 0. The van der Waals surface area contributed by atoms with E-state index in [4.69, 9.17) is 13.3 Å². The van der Waals surface area contributed by atoms with Gasteiger partial charge in [-0.2, -0.15) is 0 Å². The zero-order valence-corrected chi connectivity index (χ0v) is 12.0. The van der Waals surface area contributed by atoms with Crippen LogP contribution in [0.15, 0.2) is 4.99 Å². The van der Waals surface area contributed by atoms with Gasteiger partial charge in [0.1, 0.15) is 0 Å². The van der Waals surface area contributed by atoms with E-state index in [2.05, 4.69) is 11.9 Å². The maximum Gasteiger partial charge on any atom is 0.500 e. The lowest BCUT2D eigenvalue weighted by Crippen LogP contribution is -2.46. The Balaban J connectivity index is 4.34. The van der Waals surface area contributed by atoms with Crippen LogP contribution >= 0.6 is 0 Å². The molecule has 100 valence electrons. The number of nitrogens with zero attached hydrogens (tertiary/aromatic N) is 1. The van der Waals surface area contributed by atoms with Gasteiger partial charge in [0.25, 0.3) is 0 Å². The smallest absolute Gasteiger partial charge is 0.374 e. The van der Waals surface area contributed by atoms with Gasteiger partial charge in [0.05, 0.1) is 13.2 Å². The maximum absolute atomic E-state index is 9.95. The molecular formula is C11H23NO4Si. The lowest BCUT2D eigenvalue weighted by Gasteiger charge is -2.28. The van der Waals surface area contributed by atoms with E-state index in [0.717, 1.165) is 18.9 Å². The fraction of sp³-hybridized carbons (Fsp3) is 0.909. The van der Waals surface area contributed by atoms with Crippen LogP contribution in [-0.2, 0) is 18.1 Å². The first-order chi connectivity index (χ1) is 8.24. The third kappa shape index (κ3) is 7.41. The molecule has 0 aliphatic carbocycles. The Kier molecular flexibility index (Phi) is 10.3. The minimum absolute atomic E-state index is 0.310. The Hall–Kier alpha value is -0.523. The van der Waals surface area contributed by atoms with Crippen molar-refractivity contribution < 1.29 is 18.1 Å². The molecule has 0 radical (unpaired) electrons. The summed E-state index contributed by atoms with van der Waals surface area (Å²) in [6.45, 7) is 7.79. The number of rotatable bonds is 11. The number of isocyanates is 1. The standard InChI is InChI=1S/C11H23NO4Si/c1-4-7-10-17(14-5-2,15-6-3)16-9-8-12-11-13/h4-10H2,1-3H3. The Morgan fingerprint density at radius 1 is 1.12 bits per heavy atom. The van der Waals surface area contributed by atoms with Gasteiger partial charge in [-0.05, 0) is 20.3 Å². The van der Waals surface area contributed by atoms with E-state index in [1.807, 2.05) is 13.8 Å². The van der Waals surface area contributed by atoms with E-state index in [0.29, 0.717) is 26.4 Å². The summed E-state index contributed by atoms with van der Waals surface area (Å²) < 4.78 is 17.1. The summed E-state index contributed by atoms with van der Waals surface area (Å²) in [6.07, 6.45) is 3.58. The Bertz CT molecular complexity index is 226. The Morgan fingerprint density at radius 2 is 1.76 bits per heavy atom. The first-order valence-electron chi connectivity index (χ1n) is 6.20. The largest absolute Gasteiger partial charge is 0.500 e. The van der Waals surface area contributed by atoms with Gasteiger partial charge in [0, 0.05) is 19.3 Å². The van der Waals surface area contributed by atoms with Crippen LogP contribution in [-0.4, -0.2) is 41.2 Å². The number of unbranched alkanes of at least 4 members (excludes halogenated alkanes) is 1. The second-order valence-corrected chi connectivity index (χ2v) is 6.21. The van der Waals surface area contributed by atoms with Crippen LogP contribution in [0.25, 0.3) is 0 Å². The monoisotopic (exact) mass is 261 g/mol. The molecule has 0 unspecified atom stereocenters. The molecule has 0 aromatic carbocycles. The first-order valence-corrected chi connectivity index (χ1v) is 8.13. The molecule has 6 heteroatoms. The van der Waals surface area contributed by atoms with Gasteiger partial charge < -0.3 is 13.3 Å². The van der Waals surface area contributed by atoms with E-state index in [9.17, 15) is 4.79 Å². The van der Waals surface area contributed by atoms with Crippen LogP contribution < -0.4 is 0 Å². The van der Waals surface area contributed by atoms with Crippen molar-refractivity contribution in [3.05, 3.63) is 0 Å². The van der Waals surface area contributed by atoms with Gasteiger partial charge in [-0.1, -0.05) is 13.3 Å². The van der Waals surface area contributed by atoms with E-state index in [-0.39, 0.29) is 0 Å². The quantitative estimate of drug-likeness (QED) is 0.247. The molecule has 5 nitrogen and oxygen atoms in total. The van der Waals surface area contributed by atoms with Crippen molar-refractivity contribution in [3.8, 4) is 0 Å². The molecule has 0 saturated carbocycles. The molecule has 0 aromatic rings. The maximum atomic E-state index is 9.95. The Morgan fingerprint density at radius 3 is 2.24 bits per heavy atom. The second-order valence-electron chi connectivity index (χ2n) is 3.47. The van der Waals surface area contributed by atoms with Crippen LogP contribution in [0.3, 0.4) is 0 Å². The number of carbonyl (C=O) groups excluding carboxylic acids is 1. The summed E-state index contributed by atoms with van der Waals surface area (Å²) in [7, 11) is -2.56. The number of aliphatic imine (C=N–C) groups is 1. The highest BCUT2D eigenvalue weighted by Gasteiger charge is 2.39.